The summed E-state index contributed by atoms with van der Waals surface area (Å²) in [5, 5.41) is 3.24. The number of imidazole rings is 1. The van der Waals surface area contributed by atoms with Crippen molar-refractivity contribution in [1.82, 2.24) is 13.9 Å². The summed E-state index contributed by atoms with van der Waals surface area (Å²) < 4.78 is 34.8. The Hall–Kier alpha value is -2.40. The number of hydrogen-bond acceptors (Lipinski definition) is 6. The summed E-state index contributed by atoms with van der Waals surface area (Å²) in [6.07, 6.45) is 0. The van der Waals surface area contributed by atoms with Crippen LogP contribution in [0.2, 0.25) is 0 Å². The highest BCUT2D eigenvalue weighted by Crippen LogP contribution is 2.30. The number of morpholine rings is 1. The van der Waals surface area contributed by atoms with Crippen LogP contribution in [0.5, 0.6) is 0 Å². The smallest absolute Gasteiger partial charge is 0.243 e. The lowest BCUT2D eigenvalue weighted by Gasteiger charge is -2.26. The number of rotatable bonds is 7. The summed E-state index contributed by atoms with van der Waals surface area (Å²) in [5.41, 5.74) is 3.27. The quantitative estimate of drug-likeness (QED) is 0.512. The molecule has 1 unspecified atom stereocenters. The number of sulfonamides is 1. The summed E-state index contributed by atoms with van der Waals surface area (Å²) in [4.78, 5) is 17.6. The zero-order chi connectivity index (χ0) is 23.6. The van der Waals surface area contributed by atoms with Crippen molar-refractivity contribution in [3.8, 4) is 0 Å². The van der Waals surface area contributed by atoms with Crippen LogP contribution in [0, 0.1) is 6.92 Å². The third-order valence-electron chi connectivity index (χ3n) is 5.55. The summed E-state index contributed by atoms with van der Waals surface area (Å²) in [7, 11) is -3.61. The van der Waals surface area contributed by atoms with E-state index < -0.39 is 10.0 Å². The van der Waals surface area contributed by atoms with Gasteiger partial charge in [0.2, 0.25) is 15.9 Å². The molecular formula is C23H28N4O4S2. The summed E-state index contributed by atoms with van der Waals surface area (Å²) in [6, 6.07) is 12.7. The van der Waals surface area contributed by atoms with Crippen molar-refractivity contribution in [1.29, 1.82) is 0 Å². The molecule has 1 aromatic heterocycles. The second-order valence-corrected chi connectivity index (χ2v) is 11.2. The number of fused-ring (bicyclic) bond motifs is 1. The minimum atomic E-state index is -3.61. The van der Waals surface area contributed by atoms with E-state index >= 15 is 0 Å². The third kappa shape index (κ3) is 5.08. The number of aromatic nitrogens is 2. The van der Waals surface area contributed by atoms with Crippen LogP contribution in [-0.2, 0) is 26.1 Å². The highest BCUT2D eigenvalue weighted by molar-refractivity contribution is 8.00. The predicted octanol–water partition coefficient (Wildman–Crippen LogP) is 3.50. The Morgan fingerprint density at radius 2 is 1.97 bits per heavy atom. The number of hydrogen-bond donors (Lipinski definition) is 1. The van der Waals surface area contributed by atoms with Crippen LogP contribution in [0.3, 0.4) is 0 Å². The molecule has 0 aliphatic carbocycles. The molecule has 8 nitrogen and oxygen atoms in total. The van der Waals surface area contributed by atoms with Gasteiger partial charge in [-0.25, -0.2) is 13.4 Å². The maximum absolute atomic E-state index is 13.0. The maximum Gasteiger partial charge on any atom is 0.243 e. The van der Waals surface area contributed by atoms with E-state index in [1.165, 1.54) is 16.1 Å². The normalized spacial score (nSPS) is 16.1. The van der Waals surface area contributed by atoms with Crippen LogP contribution in [0.4, 0.5) is 5.69 Å². The number of anilines is 1. The highest BCUT2D eigenvalue weighted by Gasteiger charge is 2.27. The van der Waals surface area contributed by atoms with Crippen molar-refractivity contribution in [3.63, 3.8) is 0 Å². The minimum absolute atomic E-state index is 0.115. The fraction of sp³-hybridized carbons (Fsp3) is 0.391. The van der Waals surface area contributed by atoms with Gasteiger partial charge in [0, 0.05) is 25.3 Å². The molecule has 176 valence electrons. The number of carbonyl (C=O) groups excluding carboxylic acids is 1. The van der Waals surface area contributed by atoms with Gasteiger partial charge in [0.1, 0.15) is 0 Å². The molecule has 2 heterocycles. The second-order valence-electron chi connectivity index (χ2n) is 7.92. The summed E-state index contributed by atoms with van der Waals surface area (Å²) in [6.45, 7) is 7.96. The van der Waals surface area contributed by atoms with Crippen LogP contribution in [-0.4, -0.2) is 59.7 Å². The Balaban J connectivity index is 1.57. The zero-order valence-electron chi connectivity index (χ0n) is 18.9. The monoisotopic (exact) mass is 488 g/mol. The molecule has 0 saturated carbocycles. The second kappa shape index (κ2) is 9.84. The van der Waals surface area contributed by atoms with Gasteiger partial charge in [0.25, 0.3) is 0 Å². The van der Waals surface area contributed by atoms with Crippen molar-refractivity contribution in [2.24, 2.45) is 0 Å². The lowest BCUT2D eigenvalue weighted by molar-refractivity contribution is -0.115. The highest BCUT2D eigenvalue weighted by atomic mass is 32.2. The van der Waals surface area contributed by atoms with E-state index in [0.717, 1.165) is 16.8 Å². The van der Waals surface area contributed by atoms with Crippen molar-refractivity contribution >= 4 is 44.4 Å². The number of carbonyl (C=O) groups is 1. The van der Waals surface area contributed by atoms with Gasteiger partial charge in [0.15, 0.2) is 5.16 Å². The van der Waals surface area contributed by atoms with Crippen molar-refractivity contribution < 1.29 is 17.9 Å². The molecule has 10 heteroatoms. The number of nitrogens with one attached hydrogen (secondary N) is 1. The van der Waals surface area contributed by atoms with E-state index in [0.29, 0.717) is 43.5 Å². The molecule has 1 N–H and O–H groups in total. The van der Waals surface area contributed by atoms with Gasteiger partial charge in [-0.3, -0.25) is 4.79 Å². The number of nitrogens with zero attached hydrogens (tertiary/aromatic N) is 3. The number of amides is 1. The zero-order valence-corrected chi connectivity index (χ0v) is 20.6. The van der Waals surface area contributed by atoms with E-state index in [1.807, 2.05) is 49.6 Å². The van der Waals surface area contributed by atoms with Crippen LogP contribution in [0.1, 0.15) is 19.4 Å². The Labute approximate surface area is 198 Å². The summed E-state index contributed by atoms with van der Waals surface area (Å²) in [5.74, 6) is -0.115. The molecule has 0 radical (unpaired) electrons. The Kier molecular flexibility index (Phi) is 7.08. The van der Waals surface area contributed by atoms with Gasteiger partial charge in [-0.1, -0.05) is 23.9 Å². The van der Waals surface area contributed by atoms with Crippen LogP contribution in [0.15, 0.2) is 52.5 Å². The molecule has 4 rings (SSSR count). The Morgan fingerprint density at radius 3 is 2.67 bits per heavy atom. The van der Waals surface area contributed by atoms with Crippen LogP contribution >= 0.6 is 11.8 Å². The van der Waals surface area contributed by atoms with E-state index in [1.54, 1.807) is 18.2 Å². The number of ether oxygens (including phenoxy) is 1. The minimum Gasteiger partial charge on any atom is -0.379 e. The molecule has 2 aromatic carbocycles. The predicted molar refractivity (Wildman–Crippen MR) is 130 cm³/mol. The molecule has 1 fully saturated rings. The standard InChI is InChI=1S/C23H28N4O4S2/c1-4-27-21-9-8-19(33(29,30)26-10-12-31-13-11-26)15-20(21)25-23(27)32-17(3)22(28)24-18-7-5-6-16(2)14-18/h5-9,14-15,17H,4,10-13H2,1-3H3,(H,24,28). The fourth-order valence-corrected chi connectivity index (χ4v) is 6.17. The first-order valence-electron chi connectivity index (χ1n) is 10.9. The topological polar surface area (TPSA) is 93.5 Å². The van der Waals surface area contributed by atoms with E-state index in [-0.39, 0.29) is 16.1 Å². The number of aryl methyl sites for hydroxylation is 2. The van der Waals surface area contributed by atoms with Crippen molar-refractivity contribution in [2.75, 3.05) is 31.6 Å². The SMILES string of the molecule is CCn1c(SC(C)C(=O)Nc2cccc(C)c2)nc2cc(S(=O)(=O)N3CCOCC3)ccc21. The van der Waals surface area contributed by atoms with Gasteiger partial charge in [-0.05, 0) is 56.7 Å². The van der Waals surface area contributed by atoms with Gasteiger partial charge in [-0.2, -0.15) is 4.31 Å². The lowest BCUT2D eigenvalue weighted by atomic mass is 10.2. The summed E-state index contributed by atoms with van der Waals surface area (Å²) >= 11 is 1.36. The van der Waals surface area contributed by atoms with E-state index in [2.05, 4.69) is 10.3 Å². The molecule has 1 atom stereocenters. The van der Waals surface area contributed by atoms with Crippen molar-refractivity contribution in [3.05, 3.63) is 48.0 Å². The molecule has 1 aliphatic heterocycles. The number of benzene rings is 2. The van der Waals surface area contributed by atoms with Crippen LogP contribution in [0.25, 0.3) is 11.0 Å². The molecule has 0 bridgehead atoms. The molecule has 1 saturated heterocycles. The first-order valence-corrected chi connectivity index (χ1v) is 13.2. The first-order chi connectivity index (χ1) is 15.8. The first kappa shape index (κ1) is 23.7. The van der Waals surface area contributed by atoms with Crippen LogP contribution < -0.4 is 5.32 Å². The Morgan fingerprint density at radius 1 is 1.21 bits per heavy atom. The Bertz CT molecular complexity index is 1270. The van der Waals surface area contributed by atoms with E-state index in [4.69, 9.17) is 4.74 Å². The van der Waals surface area contributed by atoms with Gasteiger partial charge in [0.05, 0.1) is 34.4 Å². The van der Waals surface area contributed by atoms with Gasteiger partial charge in [-0.15, -0.1) is 0 Å². The van der Waals surface area contributed by atoms with E-state index in [9.17, 15) is 13.2 Å². The average molecular weight is 489 g/mol. The molecule has 33 heavy (non-hydrogen) atoms. The molecule has 0 spiro atoms. The van der Waals surface area contributed by atoms with Gasteiger partial charge >= 0.3 is 0 Å². The molecule has 3 aromatic rings. The fourth-order valence-electron chi connectivity index (χ4n) is 3.76. The third-order valence-corrected chi connectivity index (χ3v) is 8.53. The van der Waals surface area contributed by atoms with Crippen molar-refractivity contribution in [2.45, 2.75) is 42.6 Å². The molecule has 1 amide bonds. The maximum atomic E-state index is 13.0. The average Bonchev–Trinajstić information content (AvgIpc) is 3.15. The molecular weight excluding hydrogens is 460 g/mol. The molecule has 1 aliphatic rings. The van der Waals surface area contributed by atoms with Gasteiger partial charge < -0.3 is 14.6 Å². The largest absolute Gasteiger partial charge is 0.379 e. The number of thioether (sulfide) groups is 1. The lowest BCUT2D eigenvalue weighted by Crippen LogP contribution is -2.40.